The second-order valence-electron chi connectivity index (χ2n) is 0.519. The van der Waals surface area contributed by atoms with Crippen molar-refractivity contribution in [3.63, 3.8) is 0 Å². The molecule has 6 heavy (non-hydrogen) atoms. The van der Waals surface area contributed by atoms with E-state index in [0.717, 1.165) is 6.92 Å². The summed E-state index contributed by atoms with van der Waals surface area (Å²) in [5.41, 5.74) is 0. The van der Waals surface area contributed by atoms with Crippen molar-refractivity contribution in [2.45, 2.75) is 6.92 Å². The van der Waals surface area contributed by atoms with Crippen molar-refractivity contribution >= 4 is 54.9 Å². The Morgan fingerprint density at radius 1 is 1.67 bits per heavy atom. The Kier molecular flexibility index (Phi) is 25.8. The SMILES string of the molecule is CC(=O)O.[BaH2].[Ti]. The van der Waals surface area contributed by atoms with Crippen LogP contribution in [0.5, 0.6) is 0 Å². The first-order valence-electron chi connectivity index (χ1n) is 0.928. The zero-order valence-electron chi connectivity index (χ0n) is 2.86. The Bertz CT molecular complexity index is 34.5. The van der Waals surface area contributed by atoms with Crippen molar-refractivity contribution in [2.75, 3.05) is 0 Å². The van der Waals surface area contributed by atoms with E-state index >= 15 is 0 Å². The standard InChI is InChI=1S/C2H4O2.Ba.Ti.2H/c1-2(3)4;;;;/h1H3,(H,3,4);;;;. The number of hydrogen-bond acceptors (Lipinski definition) is 1. The molecule has 4 heteroatoms. The maximum Gasteiger partial charge on any atom is 0 e. The van der Waals surface area contributed by atoms with Crippen molar-refractivity contribution in [2.24, 2.45) is 0 Å². The third-order valence-corrected chi connectivity index (χ3v) is 0. The molecule has 0 aromatic heterocycles. The van der Waals surface area contributed by atoms with Crippen LogP contribution >= 0.6 is 0 Å². The van der Waals surface area contributed by atoms with Gasteiger partial charge < -0.3 is 5.11 Å². The molecule has 2 nitrogen and oxygen atoms in total. The molecule has 0 atom stereocenters. The van der Waals surface area contributed by atoms with Crippen molar-refractivity contribution in [1.29, 1.82) is 0 Å². The predicted octanol–water partition coefficient (Wildman–Crippen LogP) is -0.828. The van der Waals surface area contributed by atoms with Crippen LogP contribution in [0, 0.1) is 0 Å². The largest absolute Gasteiger partial charge is 0 e. The molecule has 0 radical (unpaired) electrons. The molecule has 0 aliphatic heterocycles. The van der Waals surface area contributed by atoms with E-state index in [1.807, 2.05) is 0 Å². The van der Waals surface area contributed by atoms with Gasteiger partial charge in [0.1, 0.15) is 0 Å². The molecular formula is C2H6BaO2Ti. The number of hydrogen-bond donors (Lipinski definition) is 1. The fourth-order valence-corrected chi connectivity index (χ4v) is 0. The fourth-order valence-electron chi connectivity index (χ4n) is 0. The van der Waals surface area contributed by atoms with E-state index in [4.69, 9.17) is 9.90 Å². The van der Waals surface area contributed by atoms with Crippen molar-refractivity contribution in [3.8, 4) is 0 Å². The van der Waals surface area contributed by atoms with Crippen molar-refractivity contribution in [3.05, 3.63) is 0 Å². The molecule has 0 spiro atoms. The van der Waals surface area contributed by atoms with E-state index in [2.05, 4.69) is 0 Å². The van der Waals surface area contributed by atoms with Crippen LogP contribution < -0.4 is 0 Å². The summed E-state index contributed by atoms with van der Waals surface area (Å²) >= 11 is 0. The molecule has 0 rings (SSSR count). The molecule has 32 valence electrons. The second-order valence-corrected chi connectivity index (χ2v) is 0.519. The van der Waals surface area contributed by atoms with Crippen LogP contribution in [-0.4, -0.2) is 60.0 Å². The summed E-state index contributed by atoms with van der Waals surface area (Å²) in [6, 6.07) is 0. The third-order valence-electron chi connectivity index (χ3n) is 0. The Morgan fingerprint density at radius 2 is 1.67 bits per heavy atom. The maximum absolute atomic E-state index is 9.00. The van der Waals surface area contributed by atoms with Gasteiger partial charge in [-0.15, -0.1) is 0 Å². The summed E-state index contributed by atoms with van der Waals surface area (Å²) in [7, 11) is 0. The Labute approximate surface area is 91.6 Å². The van der Waals surface area contributed by atoms with Crippen molar-refractivity contribution < 1.29 is 31.6 Å². The van der Waals surface area contributed by atoms with Gasteiger partial charge in [0.15, 0.2) is 0 Å². The molecule has 0 amide bonds. The van der Waals surface area contributed by atoms with E-state index in [9.17, 15) is 0 Å². The van der Waals surface area contributed by atoms with Gasteiger partial charge in [0, 0.05) is 28.6 Å². The van der Waals surface area contributed by atoms with Crippen molar-refractivity contribution in [1.82, 2.24) is 0 Å². The molecule has 0 aromatic rings. The van der Waals surface area contributed by atoms with Crippen LogP contribution in [0.2, 0.25) is 0 Å². The average molecular weight is 247 g/mol. The molecule has 0 fully saturated rings. The smallest absolute Gasteiger partial charge is 0 e. The van der Waals surface area contributed by atoms with Gasteiger partial charge in [-0.25, -0.2) is 0 Å². The minimum Gasteiger partial charge on any atom is 0 e. The minimum absolute atomic E-state index is 0. The molecule has 0 aromatic carbocycles. The average Bonchev–Trinajstić information content (AvgIpc) is 0.811. The summed E-state index contributed by atoms with van der Waals surface area (Å²) in [5.74, 6) is -0.833. The van der Waals surface area contributed by atoms with Gasteiger partial charge in [0.05, 0.1) is 0 Å². The van der Waals surface area contributed by atoms with E-state index in [1.54, 1.807) is 0 Å². The molecule has 0 bridgehead atoms. The number of aliphatic carboxylic acids is 1. The van der Waals surface area contributed by atoms with Crippen LogP contribution in [0.15, 0.2) is 0 Å². The molecule has 0 aliphatic rings. The Morgan fingerprint density at radius 3 is 1.67 bits per heavy atom. The molecule has 0 saturated heterocycles. The summed E-state index contributed by atoms with van der Waals surface area (Å²) in [5, 5.41) is 7.42. The van der Waals surface area contributed by atoms with Gasteiger partial charge in [0.2, 0.25) is 0 Å². The summed E-state index contributed by atoms with van der Waals surface area (Å²) in [6.45, 7) is 1.08. The first kappa shape index (κ1) is 15.7. The Hall–Kier alpha value is 1.76. The summed E-state index contributed by atoms with van der Waals surface area (Å²) in [6.07, 6.45) is 0. The third kappa shape index (κ3) is 42.2. The number of carbonyl (C=O) groups is 1. The van der Waals surface area contributed by atoms with Gasteiger partial charge >= 0.3 is 48.9 Å². The molecule has 0 heterocycles. The minimum atomic E-state index is -0.833. The first-order valence-corrected chi connectivity index (χ1v) is 0.928. The molecule has 0 unspecified atom stereocenters. The molecular weight excluding hydrogens is 241 g/mol. The van der Waals surface area contributed by atoms with E-state index < -0.39 is 5.97 Å². The van der Waals surface area contributed by atoms with E-state index in [1.165, 1.54) is 0 Å². The molecule has 0 saturated carbocycles. The molecule has 1 N–H and O–H groups in total. The zero-order valence-corrected chi connectivity index (χ0v) is 4.42. The van der Waals surface area contributed by atoms with E-state index in [0.29, 0.717) is 0 Å². The van der Waals surface area contributed by atoms with Gasteiger partial charge in [-0.1, -0.05) is 0 Å². The van der Waals surface area contributed by atoms with Gasteiger partial charge in [-0.2, -0.15) is 0 Å². The van der Waals surface area contributed by atoms with Crippen LogP contribution in [0.3, 0.4) is 0 Å². The summed E-state index contributed by atoms with van der Waals surface area (Å²) in [4.78, 5) is 9.00. The Balaban J connectivity index is -0.0000000450. The number of carboxylic acids is 1. The quantitative estimate of drug-likeness (QED) is 0.567. The fraction of sp³-hybridized carbons (Fsp3) is 0.500. The monoisotopic (exact) mass is 248 g/mol. The summed E-state index contributed by atoms with van der Waals surface area (Å²) < 4.78 is 0. The second kappa shape index (κ2) is 9.90. The molecule has 0 aliphatic carbocycles. The van der Waals surface area contributed by atoms with E-state index in [-0.39, 0.29) is 70.6 Å². The van der Waals surface area contributed by atoms with Gasteiger partial charge in [-0.05, 0) is 0 Å². The van der Waals surface area contributed by atoms with Crippen LogP contribution in [0.1, 0.15) is 6.92 Å². The van der Waals surface area contributed by atoms with Crippen LogP contribution in [-0.2, 0) is 26.5 Å². The number of rotatable bonds is 0. The van der Waals surface area contributed by atoms with Gasteiger partial charge in [-0.3, -0.25) is 4.79 Å². The normalized spacial score (nSPS) is 4.17. The predicted molar refractivity (Wildman–Crippen MR) is 21.9 cm³/mol. The van der Waals surface area contributed by atoms with Crippen LogP contribution in [0.25, 0.3) is 0 Å². The zero-order chi connectivity index (χ0) is 3.58. The topological polar surface area (TPSA) is 37.3 Å². The maximum atomic E-state index is 9.00. The van der Waals surface area contributed by atoms with Gasteiger partial charge in [0.25, 0.3) is 5.97 Å². The number of carboxylic acid groups (broad SMARTS) is 1. The first-order chi connectivity index (χ1) is 1.73. The van der Waals surface area contributed by atoms with Crippen LogP contribution in [0.4, 0.5) is 0 Å².